The molecule has 1 aromatic heterocycles. The van der Waals surface area contributed by atoms with E-state index >= 15 is 0 Å². The van der Waals surface area contributed by atoms with Crippen molar-refractivity contribution < 1.29 is 14.3 Å². The van der Waals surface area contributed by atoms with Crippen molar-refractivity contribution in [2.75, 3.05) is 13.3 Å². The van der Waals surface area contributed by atoms with Gasteiger partial charge >= 0.3 is 0 Å². The lowest BCUT2D eigenvalue weighted by Gasteiger charge is -2.05. The van der Waals surface area contributed by atoms with Crippen LogP contribution in [0.15, 0.2) is 47.8 Å². The van der Waals surface area contributed by atoms with Crippen molar-refractivity contribution in [2.45, 2.75) is 13.3 Å². The monoisotopic (exact) mass is 366 g/mol. The smallest absolute Gasteiger partial charge is 0.251 e. The second-order valence-corrected chi connectivity index (χ2v) is 6.89. The summed E-state index contributed by atoms with van der Waals surface area (Å²) in [5, 5.41) is 5.99. The Morgan fingerprint density at radius 1 is 1.19 bits per heavy atom. The van der Waals surface area contributed by atoms with Crippen LogP contribution in [0.1, 0.15) is 21.6 Å². The van der Waals surface area contributed by atoms with Crippen LogP contribution in [0.2, 0.25) is 0 Å². The third-order valence-electron chi connectivity index (χ3n) is 4.23. The number of benzene rings is 2. The minimum atomic E-state index is -0.127. The van der Waals surface area contributed by atoms with Gasteiger partial charge in [0.25, 0.3) is 5.91 Å². The molecule has 0 atom stereocenters. The Hall–Kier alpha value is -2.86. The Kier molecular flexibility index (Phi) is 4.58. The normalized spacial score (nSPS) is 12.2. The quantitative estimate of drug-likeness (QED) is 0.746. The van der Waals surface area contributed by atoms with Crippen LogP contribution >= 0.6 is 11.3 Å². The highest BCUT2D eigenvalue weighted by Gasteiger charge is 2.16. The summed E-state index contributed by atoms with van der Waals surface area (Å²) in [5.74, 6) is 1.16. The summed E-state index contributed by atoms with van der Waals surface area (Å²) in [5.41, 5.74) is 3.92. The maximum absolute atomic E-state index is 12.3. The summed E-state index contributed by atoms with van der Waals surface area (Å²) in [7, 11) is 0. The first-order chi connectivity index (χ1) is 12.7. The number of rotatable bonds is 5. The summed E-state index contributed by atoms with van der Waals surface area (Å²) >= 11 is 1.63. The van der Waals surface area contributed by atoms with Gasteiger partial charge in [0, 0.05) is 29.5 Å². The Morgan fingerprint density at radius 3 is 2.92 bits per heavy atom. The molecule has 4 rings (SSSR count). The van der Waals surface area contributed by atoms with Gasteiger partial charge in [-0.05, 0) is 30.7 Å². The van der Waals surface area contributed by atoms with Gasteiger partial charge in [-0.15, -0.1) is 11.3 Å². The van der Waals surface area contributed by atoms with E-state index in [1.54, 1.807) is 29.5 Å². The topological polar surface area (TPSA) is 60.5 Å². The summed E-state index contributed by atoms with van der Waals surface area (Å²) in [4.78, 5) is 17.0. The first-order valence-electron chi connectivity index (χ1n) is 8.39. The summed E-state index contributed by atoms with van der Waals surface area (Å²) in [6.07, 6.45) is 0.693. The molecule has 0 spiro atoms. The molecule has 1 amide bonds. The van der Waals surface area contributed by atoms with E-state index in [9.17, 15) is 4.79 Å². The molecule has 0 fully saturated rings. The molecule has 1 aliphatic heterocycles. The average Bonchev–Trinajstić information content (AvgIpc) is 3.30. The van der Waals surface area contributed by atoms with Crippen molar-refractivity contribution in [3.05, 3.63) is 64.7 Å². The van der Waals surface area contributed by atoms with Crippen LogP contribution in [-0.4, -0.2) is 24.2 Å². The zero-order chi connectivity index (χ0) is 17.9. The molecule has 0 aliphatic carbocycles. The predicted molar refractivity (Wildman–Crippen MR) is 101 cm³/mol. The standard InChI is InChI=1S/C20H18N2O3S/c1-13-4-2-3-5-16(13)20-22-15(11-26-20)8-9-21-19(23)14-6-7-17-18(10-14)25-12-24-17/h2-7,10-11H,8-9,12H2,1H3,(H,21,23). The van der Waals surface area contributed by atoms with Crippen LogP contribution in [0.5, 0.6) is 11.5 Å². The molecule has 0 unspecified atom stereocenters. The number of carbonyl (C=O) groups excluding carboxylic acids is 1. The number of ether oxygens (including phenoxy) is 2. The molecule has 26 heavy (non-hydrogen) atoms. The molecule has 1 N–H and O–H groups in total. The molecule has 1 aliphatic rings. The average molecular weight is 366 g/mol. The second-order valence-electron chi connectivity index (χ2n) is 6.03. The molecule has 2 heterocycles. The van der Waals surface area contributed by atoms with Crippen molar-refractivity contribution in [3.8, 4) is 22.1 Å². The first kappa shape index (κ1) is 16.6. The minimum absolute atomic E-state index is 0.127. The molecular formula is C20H18N2O3S. The fraction of sp³-hybridized carbons (Fsp3) is 0.200. The molecule has 0 bridgehead atoms. The van der Waals surface area contributed by atoms with E-state index in [1.165, 1.54) is 5.56 Å². The van der Waals surface area contributed by atoms with Gasteiger partial charge in [-0.3, -0.25) is 4.79 Å². The molecule has 6 heteroatoms. The van der Waals surface area contributed by atoms with Crippen LogP contribution in [0.25, 0.3) is 10.6 Å². The molecule has 0 saturated carbocycles. The number of aromatic nitrogens is 1. The summed E-state index contributed by atoms with van der Waals surface area (Å²) in [6, 6.07) is 13.4. The van der Waals surface area contributed by atoms with E-state index in [0.29, 0.717) is 30.0 Å². The van der Waals surface area contributed by atoms with Crippen LogP contribution in [0, 0.1) is 6.92 Å². The Labute approximate surface area is 155 Å². The number of thiazole rings is 1. The Bertz CT molecular complexity index is 952. The number of hydrogen-bond donors (Lipinski definition) is 1. The molecule has 0 saturated heterocycles. The fourth-order valence-electron chi connectivity index (χ4n) is 2.80. The number of hydrogen-bond acceptors (Lipinski definition) is 5. The Balaban J connectivity index is 1.35. The maximum Gasteiger partial charge on any atom is 0.251 e. The van der Waals surface area contributed by atoms with Gasteiger partial charge in [0.05, 0.1) is 5.69 Å². The predicted octanol–water partition coefficient (Wildman–Crippen LogP) is 3.82. The van der Waals surface area contributed by atoms with E-state index in [1.807, 2.05) is 12.1 Å². The van der Waals surface area contributed by atoms with E-state index in [-0.39, 0.29) is 12.7 Å². The third kappa shape index (κ3) is 3.41. The highest BCUT2D eigenvalue weighted by atomic mass is 32.1. The minimum Gasteiger partial charge on any atom is -0.454 e. The Morgan fingerprint density at radius 2 is 2.04 bits per heavy atom. The molecule has 0 radical (unpaired) electrons. The van der Waals surface area contributed by atoms with Crippen LogP contribution in [-0.2, 0) is 6.42 Å². The van der Waals surface area contributed by atoms with Gasteiger partial charge in [0.15, 0.2) is 11.5 Å². The van der Waals surface area contributed by atoms with Crippen LogP contribution < -0.4 is 14.8 Å². The zero-order valence-corrected chi connectivity index (χ0v) is 15.1. The second kappa shape index (κ2) is 7.17. The zero-order valence-electron chi connectivity index (χ0n) is 14.3. The first-order valence-corrected chi connectivity index (χ1v) is 9.27. The van der Waals surface area contributed by atoms with E-state index in [4.69, 9.17) is 9.47 Å². The van der Waals surface area contributed by atoms with Crippen molar-refractivity contribution in [3.63, 3.8) is 0 Å². The van der Waals surface area contributed by atoms with E-state index in [0.717, 1.165) is 16.3 Å². The fourth-order valence-corrected chi connectivity index (χ4v) is 3.75. The summed E-state index contributed by atoms with van der Waals surface area (Å²) < 4.78 is 10.6. The van der Waals surface area contributed by atoms with E-state index in [2.05, 4.69) is 34.7 Å². The molecule has 2 aromatic carbocycles. The third-order valence-corrected chi connectivity index (χ3v) is 5.15. The van der Waals surface area contributed by atoms with Crippen LogP contribution in [0.4, 0.5) is 0 Å². The van der Waals surface area contributed by atoms with Gasteiger partial charge in [-0.2, -0.15) is 0 Å². The SMILES string of the molecule is Cc1ccccc1-c1nc(CCNC(=O)c2ccc3c(c2)OCO3)cs1. The lowest BCUT2D eigenvalue weighted by atomic mass is 10.1. The van der Waals surface area contributed by atoms with Gasteiger partial charge in [0.2, 0.25) is 6.79 Å². The van der Waals surface area contributed by atoms with Gasteiger partial charge in [-0.25, -0.2) is 4.98 Å². The highest BCUT2D eigenvalue weighted by Crippen LogP contribution is 2.32. The van der Waals surface area contributed by atoms with Gasteiger partial charge in [-0.1, -0.05) is 24.3 Å². The number of nitrogens with one attached hydrogen (secondary N) is 1. The number of aryl methyl sites for hydroxylation is 1. The molecule has 132 valence electrons. The van der Waals surface area contributed by atoms with Crippen molar-refractivity contribution in [1.82, 2.24) is 10.3 Å². The number of fused-ring (bicyclic) bond motifs is 1. The lowest BCUT2D eigenvalue weighted by molar-refractivity contribution is 0.0953. The lowest BCUT2D eigenvalue weighted by Crippen LogP contribution is -2.25. The highest BCUT2D eigenvalue weighted by molar-refractivity contribution is 7.13. The molecule has 5 nitrogen and oxygen atoms in total. The number of carbonyl (C=O) groups is 1. The number of amides is 1. The van der Waals surface area contributed by atoms with Crippen molar-refractivity contribution in [2.24, 2.45) is 0 Å². The van der Waals surface area contributed by atoms with Gasteiger partial charge < -0.3 is 14.8 Å². The van der Waals surface area contributed by atoms with E-state index < -0.39 is 0 Å². The molecular weight excluding hydrogens is 348 g/mol. The van der Waals surface area contributed by atoms with Crippen molar-refractivity contribution >= 4 is 17.2 Å². The summed E-state index contributed by atoms with van der Waals surface area (Å²) in [6.45, 7) is 2.82. The molecule has 3 aromatic rings. The largest absolute Gasteiger partial charge is 0.454 e. The van der Waals surface area contributed by atoms with Crippen LogP contribution in [0.3, 0.4) is 0 Å². The maximum atomic E-state index is 12.3. The van der Waals surface area contributed by atoms with Crippen molar-refractivity contribution in [1.29, 1.82) is 0 Å². The van der Waals surface area contributed by atoms with Gasteiger partial charge in [0.1, 0.15) is 5.01 Å². The number of nitrogens with zero attached hydrogens (tertiary/aromatic N) is 1.